The van der Waals surface area contributed by atoms with Gasteiger partial charge in [0.15, 0.2) is 0 Å². The van der Waals surface area contributed by atoms with Crippen LogP contribution >= 0.6 is 0 Å². The highest BCUT2D eigenvalue weighted by molar-refractivity contribution is 5.83. The van der Waals surface area contributed by atoms with Crippen LogP contribution in [0.4, 0.5) is 0 Å². The number of aromatic amines is 1. The Kier molecular flexibility index (Phi) is 2.30. The average molecular weight is 188 g/mol. The summed E-state index contributed by atoms with van der Waals surface area (Å²) in [7, 11) is 0. The highest BCUT2D eigenvalue weighted by atomic mass is 14.8. The van der Waals surface area contributed by atoms with Crippen LogP contribution in [-0.2, 0) is 0 Å². The van der Waals surface area contributed by atoms with Gasteiger partial charge in [-0.2, -0.15) is 0 Å². The van der Waals surface area contributed by atoms with Gasteiger partial charge >= 0.3 is 0 Å². The number of benzene rings is 1. The summed E-state index contributed by atoms with van der Waals surface area (Å²) in [5.74, 6) is 0. The lowest BCUT2D eigenvalue weighted by atomic mass is 10.1. The summed E-state index contributed by atoms with van der Waals surface area (Å²) >= 11 is 0. The van der Waals surface area contributed by atoms with Crippen molar-refractivity contribution in [3.8, 4) is 0 Å². The molecule has 1 atom stereocenters. The van der Waals surface area contributed by atoms with Crippen LogP contribution in [0.15, 0.2) is 24.3 Å². The van der Waals surface area contributed by atoms with Gasteiger partial charge in [0.2, 0.25) is 0 Å². The van der Waals surface area contributed by atoms with E-state index in [2.05, 4.69) is 43.1 Å². The molecule has 1 heterocycles. The number of rotatable bonds is 2. The summed E-state index contributed by atoms with van der Waals surface area (Å²) in [4.78, 5) is 3.39. The van der Waals surface area contributed by atoms with Crippen LogP contribution in [0.1, 0.15) is 30.6 Å². The number of aryl methyl sites for hydroxylation is 1. The molecular formula is C12H16N2. The molecule has 74 valence electrons. The standard InChI is InChI=1S/C12H16N2/c1-3-10(13)11-7-9-6-4-5-8(2)12(9)14-11/h4-7,10,14H,3,13H2,1-2H3. The molecule has 0 bridgehead atoms. The number of hydrogen-bond donors (Lipinski definition) is 2. The summed E-state index contributed by atoms with van der Waals surface area (Å²) in [6.45, 7) is 4.21. The molecular weight excluding hydrogens is 172 g/mol. The number of nitrogens with one attached hydrogen (secondary N) is 1. The molecule has 1 aromatic heterocycles. The van der Waals surface area contributed by atoms with Gasteiger partial charge < -0.3 is 10.7 Å². The third kappa shape index (κ3) is 1.42. The Balaban J connectivity index is 2.56. The highest BCUT2D eigenvalue weighted by Gasteiger charge is 2.07. The molecule has 2 rings (SSSR count). The van der Waals surface area contributed by atoms with Crippen LogP contribution in [0, 0.1) is 6.92 Å². The third-order valence-corrected chi connectivity index (χ3v) is 2.72. The minimum atomic E-state index is 0.127. The van der Waals surface area contributed by atoms with Gasteiger partial charge in [-0.3, -0.25) is 0 Å². The van der Waals surface area contributed by atoms with Gasteiger partial charge in [-0.25, -0.2) is 0 Å². The maximum absolute atomic E-state index is 5.98. The number of nitrogens with two attached hydrogens (primary N) is 1. The molecule has 1 aromatic carbocycles. The van der Waals surface area contributed by atoms with E-state index in [0.717, 1.165) is 12.1 Å². The molecule has 0 saturated carbocycles. The topological polar surface area (TPSA) is 41.8 Å². The third-order valence-electron chi connectivity index (χ3n) is 2.72. The van der Waals surface area contributed by atoms with Crippen molar-refractivity contribution in [1.82, 2.24) is 4.98 Å². The molecule has 14 heavy (non-hydrogen) atoms. The number of aromatic nitrogens is 1. The second-order valence-electron chi connectivity index (χ2n) is 3.78. The Hall–Kier alpha value is -1.28. The summed E-state index contributed by atoms with van der Waals surface area (Å²) < 4.78 is 0. The maximum atomic E-state index is 5.98. The first kappa shape index (κ1) is 9.28. The molecule has 2 nitrogen and oxygen atoms in total. The molecule has 0 spiro atoms. The van der Waals surface area contributed by atoms with Crippen LogP contribution in [-0.4, -0.2) is 4.98 Å². The van der Waals surface area contributed by atoms with Gasteiger partial charge in [0.05, 0.1) is 0 Å². The molecule has 3 N–H and O–H groups in total. The van der Waals surface area contributed by atoms with E-state index in [1.165, 1.54) is 16.5 Å². The molecule has 2 heteroatoms. The monoisotopic (exact) mass is 188 g/mol. The van der Waals surface area contributed by atoms with Gasteiger partial charge in [-0.05, 0) is 30.4 Å². The van der Waals surface area contributed by atoms with Crippen LogP contribution in [0.2, 0.25) is 0 Å². The molecule has 0 amide bonds. The molecule has 0 aliphatic rings. The minimum Gasteiger partial charge on any atom is -0.357 e. The molecule has 2 aromatic rings. The zero-order valence-corrected chi connectivity index (χ0v) is 8.67. The summed E-state index contributed by atoms with van der Waals surface area (Å²) in [6, 6.07) is 8.58. The molecule has 0 fully saturated rings. The minimum absolute atomic E-state index is 0.127. The SMILES string of the molecule is CCC(N)c1cc2cccc(C)c2[nH]1. The van der Waals surface area contributed by atoms with E-state index < -0.39 is 0 Å². The molecule has 0 radical (unpaired) electrons. The maximum Gasteiger partial charge on any atom is 0.0486 e. The van der Waals surface area contributed by atoms with Crippen LogP contribution in [0.3, 0.4) is 0 Å². The Bertz CT molecular complexity index is 443. The van der Waals surface area contributed by atoms with Gasteiger partial charge in [0.25, 0.3) is 0 Å². The zero-order valence-electron chi connectivity index (χ0n) is 8.67. The van der Waals surface area contributed by atoms with E-state index in [9.17, 15) is 0 Å². The first-order valence-electron chi connectivity index (χ1n) is 5.06. The first-order valence-corrected chi connectivity index (χ1v) is 5.06. The summed E-state index contributed by atoms with van der Waals surface area (Å²) in [6.07, 6.45) is 0.964. The first-order chi connectivity index (χ1) is 6.72. The molecule has 1 unspecified atom stereocenters. The normalized spacial score (nSPS) is 13.4. The highest BCUT2D eigenvalue weighted by Crippen LogP contribution is 2.22. The predicted molar refractivity (Wildman–Crippen MR) is 60.3 cm³/mol. The second-order valence-corrected chi connectivity index (χ2v) is 3.78. The van der Waals surface area contributed by atoms with Crippen LogP contribution < -0.4 is 5.73 Å². The smallest absolute Gasteiger partial charge is 0.0486 e. The largest absolute Gasteiger partial charge is 0.357 e. The molecule has 0 saturated heterocycles. The average Bonchev–Trinajstić information content (AvgIpc) is 2.62. The van der Waals surface area contributed by atoms with Crippen molar-refractivity contribution >= 4 is 10.9 Å². The lowest BCUT2D eigenvalue weighted by Gasteiger charge is -2.04. The van der Waals surface area contributed by atoms with Crippen molar-refractivity contribution in [2.75, 3.05) is 0 Å². The van der Waals surface area contributed by atoms with E-state index in [1.54, 1.807) is 0 Å². The zero-order chi connectivity index (χ0) is 10.1. The van der Waals surface area contributed by atoms with Crippen molar-refractivity contribution in [2.24, 2.45) is 5.73 Å². The van der Waals surface area contributed by atoms with Gasteiger partial charge in [0, 0.05) is 17.3 Å². The van der Waals surface area contributed by atoms with Crippen molar-refractivity contribution < 1.29 is 0 Å². The number of H-pyrrole nitrogens is 1. The van der Waals surface area contributed by atoms with E-state index >= 15 is 0 Å². The van der Waals surface area contributed by atoms with Crippen molar-refractivity contribution in [1.29, 1.82) is 0 Å². The lowest BCUT2D eigenvalue weighted by molar-refractivity contribution is 0.682. The fourth-order valence-corrected chi connectivity index (χ4v) is 1.75. The van der Waals surface area contributed by atoms with Gasteiger partial charge in [0.1, 0.15) is 0 Å². The van der Waals surface area contributed by atoms with Gasteiger partial charge in [-0.15, -0.1) is 0 Å². The summed E-state index contributed by atoms with van der Waals surface area (Å²) in [5, 5.41) is 1.25. The number of hydrogen-bond acceptors (Lipinski definition) is 1. The summed E-state index contributed by atoms with van der Waals surface area (Å²) in [5.41, 5.74) is 9.60. The van der Waals surface area contributed by atoms with Crippen LogP contribution in [0.5, 0.6) is 0 Å². The number of fused-ring (bicyclic) bond motifs is 1. The van der Waals surface area contributed by atoms with Crippen molar-refractivity contribution in [3.05, 3.63) is 35.5 Å². The Morgan fingerprint density at radius 3 is 2.86 bits per heavy atom. The van der Waals surface area contributed by atoms with E-state index in [1.807, 2.05) is 0 Å². The van der Waals surface area contributed by atoms with E-state index in [0.29, 0.717) is 0 Å². The quantitative estimate of drug-likeness (QED) is 0.747. The Morgan fingerprint density at radius 1 is 1.43 bits per heavy atom. The fourth-order valence-electron chi connectivity index (χ4n) is 1.75. The van der Waals surface area contributed by atoms with E-state index in [4.69, 9.17) is 5.73 Å². The lowest BCUT2D eigenvalue weighted by Crippen LogP contribution is -2.08. The number of para-hydroxylation sites is 1. The molecule has 0 aliphatic heterocycles. The Morgan fingerprint density at radius 2 is 2.21 bits per heavy atom. The molecule has 0 aliphatic carbocycles. The van der Waals surface area contributed by atoms with Crippen LogP contribution in [0.25, 0.3) is 10.9 Å². The Labute approximate surface area is 84.1 Å². The predicted octanol–water partition coefficient (Wildman–Crippen LogP) is 2.89. The fraction of sp³-hybridized carbons (Fsp3) is 0.333. The van der Waals surface area contributed by atoms with Crippen molar-refractivity contribution in [2.45, 2.75) is 26.3 Å². The van der Waals surface area contributed by atoms with E-state index in [-0.39, 0.29) is 6.04 Å². The second kappa shape index (κ2) is 3.46. The van der Waals surface area contributed by atoms with Crippen molar-refractivity contribution in [3.63, 3.8) is 0 Å². The van der Waals surface area contributed by atoms with Gasteiger partial charge in [-0.1, -0.05) is 25.1 Å².